The maximum atomic E-state index is 13.4. The first-order chi connectivity index (χ1) is 8.08. The highest BCUT2D eigenvalue weighted by molar-refractivity contribution is 9.10. The van der Waals surface area contributed by atoms with Crippen LogP contribution in [0, 0.1) is 15.9 Å². The first kappa shape index (κ1) is 11.6. The topological polar surface area (TPSA) is 73.8 Å². The van der Waals surface area contributed by atoms with E-state index in [9.17, 15) is 14.5 Å². The van der Waals surface area contributed by atoms with Gasteiger partial charge in [0, 0.05) is 26.6 Å². The van der Waals surface area contributed by atoms with Crippen molar-refractivity contribution < 1.29 is 9.31 Å². The number of rotatable bonds is 3. The number of aromatic nitrogens is 3. The van der Waals surface area contributed by atoms with Gasteiger partial charge in [0.1, 0.15) is 5.82 Å². The minimum atomic E-state index is -0.706. The van der Waals surface area contributed by atoms with Gasteiger partial charge in [-0.25, -0.2) is 4.39 Å². The Morgan fingerprint density at radius 2 is 2.18 bits per heavy atom. The van der Waals surface area contributed by atoms with E-state index in [1.54, 1.807) is 18.2 Å². The average Bonchev–Trinajstić information content (AvgIpc) is 2.64. The summed E-state index contributed by atoms with van der Waals surface area (Å²) in [6.07, 6.45) is 0. The summed E-state index contributed by atoms with van der Waals surface area (Å²) in [7, 11) is 0. The highest BCUT2D eigenvalue weighted by Crippen LogP contribution is 2.15. The van der Waals surface area contributed by atoms with E-state index in [4.69, 9.17) is 0 Å². The molecule has 0 aliphatic rings. The van der Waals surface area contributed by atoms with E-state index >= 15 is 0 Å². The zero-order valence-electron chi connectivity index (χ0n) is 8.38. The molecular formula is C9H6BrFN4O2. The average molecular weight is 301 g/mol. The predicted molar refractivity (Wildman–Crippen MR) is 59.9 cm³/mol. The SMILES string of the molecule is O=[N+]([O-])c1nc(Br)n(Cc2ccccc2F)n1. The van der Waals surface area contributed by atoms with E-state index < -0.39 is 16.7 Å². The van der Waals surface area contributed by atoms with Gasteiger partial charge in [0.25, 0.3) is 4.73 Å². The third kappa shape index (κ3) is 2.47. The van der Waals surface area contributed by atoms with Crippen LogP contribution in [0.25, 0.3) is 0 Å². The minimum absolute atomic E-state index is 0.0775. The number of hydrogen-bond donors (Lipinski definition) is 0. The van der Waals surface area contributed by atoms with Gasteiger partial charge in [-0.3, -0.25) is 0 Å². The van der Waals surface area contributed by atoms with E-state index in [1.165, 1.54) is 10.7 Å². The van der Waals surface area contributed by atoms with Crippen molar-refractivity contribution in [3.05, 3.63) is 50.5 Å². The molecule has 0 amide bonds. The summed E-state index contributed by atoms with van der Waals surface area (Å²) in [5, 5.41) is 14.1. The second-order valence-corrected chi connectivity index (χ2v) is 3.90. The Hall–Kier alpha value is -1.83. The first-order valence-corrected chi connectivity index (χ1v) is 5.35. The molecule has 1 aromatic heterocycles. The normalized spacial score (nSPS) is 10.5. The fourth-order valence-corrected chi connectivity index (χ4v) is 1.64. The van der Waals surface area contributed by atoms with Gasteiger partial charge in [0.05, 0.1) is 6.54 Å². The molecule has 0 aliphatic heterocycles. The highest BCUT2D eigenvalue weighted by Gasteiger charge is 2.20. The second kappa shape index (κ2) is 4.58. The van der Waals surface area contributed by atoms with Crippen molar-refractivity contribution in [2.45, 2.75) is 6.54 Å². The molecule has 8 heteroatoms. The molecule has 0 saturated carbocycles. The summed E-state index contributed by atoms with van der Waals surface area (Å²) in [5.74, 6) is -0.911. The van der Waals surface area contributed by atoms with Crippen molar-refractivity contribution >= 4 is 21.9 Å². The van der Waals surface area contributed by atoms with Crippen molar-refractivity contribution in [1.82, 2.24) is 14.8 Å². The molecule has 0 radical (unpaired) electrons. The van der Waals surface area contributed by atoms with Crippen LogP contribution >= 0.6 is 15.9 Å². The van der Waals surface area contributed by atoms with Crippen LogP contribution in [0.3, 0.4) is 0 Å². The molecule has 0 unspecified atom stereocenters. The van der Waals surface area contributed by atoms with Crippen LogP contribution in [0.2, 0.25) is 0 Å². The van der Waals surface area contributed by atoms with Gasteiger partial charge in [-0.2, -0.15) is 4.68 Å². The molecule has 0 atom stereocenters. The van der Waals surface area contributed by atoms with Crippen molar-refractivity contribution in [2.75, 3.05) is 0 Å². The third-order valence-electron chi connectivity index (χ3n) is 2.06. The molecule has 0 bridgehead atoms. The summed E-state index contributed by atoms with van der Waals surface area (Å²) < 4.78 is 14.8. The van der Waals surface area contributed by atoms with Crippen LogP contribution < -0.4 is 0 Å². The highest BCUT2D eigenvalue weighted by atomic mass is 79.9. The van der Waals surface area contributed by atoms with Crippen LogP contribution in [0.4, 0.5) is 10.3 Å². The molecule has 1 heterocycles. The smallest absolute Gasteiger partial charge is 0.390 e. The lowest BCUT2D eigenvalue weighted by molar-refractivity contribution is -0.394. The monoisotopic (exact) mass is 300 g/mol. The molecule has 0 aliphatic carbocycles. The number of halogens is 2. The first-order valence-electron chi connectivity index (χ1n) is 4.56. The van der Waals surface area contributed by atoms with E-state index in [0.717, 1.165) is 0 Å². The number of hydrogen-bond acceptors (Lipinski definition) is 4. The summed E-state index contributed by atoms with van der Waals surface area (Å²) in [6.45, 7) is 0.0775. The van der Waals surface area contributed by atoms with E-state index in [0.29, 0.717) is 5.56 Å². The molecule has 1 aromatic carbocycles. The van der Waals surface area contributed by atoms with Gasteiger partial charge >= 0.3 is 5.95 Å². The fourth-order valence-electron chi connectivity index (χ4n) is 1.28. The number of nitrogens with zero attached hydrogens (tertiary/aromatic N) is 4. The van der Waals surface area contributed by atoms with E-state index in [2.05, 4.69) is 26.0 Å². The quantitative estimate of drug-likeness (QED) is 0.643. The lowest BCUT2D eigenvalue weighted by atomic mass is 10.2. The molecule has 0 spiro atoms. The molecule has 0 saturated heterocycles. The number of nitro groups is 1. The largest absolute Gasteiger partial charge is 0.492 e. The van der Waals surface area contributed by atoms with Gasteiger partial charge < -0.3 is 10.1 Å². The zero-order chi connectivity index (χ0) is 12.4. The van der Waals surface area contributed by atoms with Crippen LogP contribution in [0.15, 0.2) is 29.0 Å². The van der Waals surface area contributed by atoms with Gasteiger partial charge in [0.2, 0.25) is 0 Å². The molecule has 0 fully saturated rings. The Labute approximate surface area is 103 Å². The third-order valence-corrected chi connectivity index (χ3v) is 2.64. The van der Waals surface area contributed by atoms with Crippen LogP contribution in [0.1, 0.15) is 5.56 Å². The van der Waals surface area contributed by atoms with Gasteiger partial charge in [-0.05, 0) is 16.0 Å². The Morgan fingerprint density at radius 1 is 1.47 bits per heavy atom. The Bertz CT molecular complexity index is 572. The minimum Gasteiger partial charge on any atom is -0.390 e. The van der Waals surface area contributed by atoms with Crippen molar-refractivity contribution in [3.8, 4) is 0 Å². The molecule has 88 valence electrons. The maximum absolute atomic E-state index is 13.4. The zero-order valence-corrected chi connectivity index (χ0v) is 9.96. The lowest BCUT2D eigenvalue weighted by Gasteiger charge is -2.00. The molecule has 2 rings (SSSR count). The molecule has 17 heavy (non-hydrogen) atoms. The van der Waals surface area contributed by atoms with E-state index in [-0.39, 0.29) is 11.3 Å². The number of benzene rings is 1. The summed E-state index contributed by atoms with van der Waals surface area (Å²) in [5.41, 5.74) is 0.382. The van der Waals surface area contributed by atoms with E-state index in [1.807, 2.05) is 0 Å². The van der Waals surface area contributed by atoms with Crippen LogP contribution in [-0.2, 0) is 6.54 Å². The Morgan fingerprint density at radius 3 is 2.76 bits per heavy atom. The Balaban J connectivity index is 2.30. The maximum Gasteiger partial charge on any atom is 0.492 e. The Kier molecular flexibility index (Phi) is 3.14. The molecule has 0 N–H and O–H groups in total. The van der Waals surface area contributed by atoms with Gasteiger partial charge in [-0.15, -0.1) is 0 Å². The standard InChI is InChI=1S/C9H6BrFN4O2/c10-8-12-9(15(16)17)13-14(8)5-6-3-1-2-4-7(6)11/h1-4H,5H2. The van der Waals surface area contributed by atoms with Gasteiger partial charge in [0.15, 0.2) is 0 Å². The van der Waals surface area contributed by atoms with Crippen molar-refractivity contribution in [3.63, 3.8) is 0 Å². The summed E-state index contributed by atoms with van der Waals surface area (Å²) in [4.78, 5) is 13.3. The molecule has 6 nitrogen and oxygen atoms in total. The lowest BCUT2D eigenvalue weighted by Crippen LogP contribution is -2.04. The fraction of sp³-hybridized carbons (Fsp3) is 0.111. The van der Waals surface area contributed by atoms with Gasteiger partial charge in [-0.1, -0.05) is 18.2 Å². The predicted octanol–water partition coefficient (Wildman–Crippen LogP) is 2.14. The van der Waals surface area contributed by atoms with Crippen LogP contribution in [0.5, 0.6) is 0 Å². The summed E-state index contributed by atoms with van der Waals surface area (Å²) >= 11 is 3.03. The van der Waals surface area contributed by atoms with Crippen LogP contribution in [-0.4, -0.2) is 19.7 Å². The van der Waals surface area contributed by atoms with Crippen molar-refractivity contribution in [2.24, 2.45) is 0 Å². The van der Waals surface area contributed by atoms with Crippen molar-refractivity contribution in [1.29, 1.82) is 0 Å². The molecular weight excluding hydrogens is 295 g/mol. The summed E-state index contributed by atoms with van der Waals surface area (Å²) in [6, 6.07) is 6.14. The molecule has 2 aromatic rings. The second-order valence-electron chi connectivity index (χ2n) is 3.19.